The second kappa shape index (κ2) is 7.31. The molecule has 1 N–H and O–H groups in total. The number of para-hydroxylation sites is 1. The average Bonchev–Trinajstić information content (AvgIpc) is 2.81. The Morgan fingerprint density at radius 1 is 1.40 bits per heavy atom. The van der Waals surface area contributed by atoms with E-state index in [-0.39, 0.29) is 0 Å². The van der Waals surface area contributed by atoms with Crippen LogP contribution < -0.4 is 4.74 Å². The Balaban J connectivity index is 1.71. The number of carbonyl (C=O) groups is 1. The van der Waals surface area contributed by atoms with Gasteiger partial charge in [-0.05, 0) is 25.5 Å². The fourth-order valence-corrected chi connectivity index (χ4v) is 3.57. The summed E-state index contributed by atoms with van der Waals surface area (Å²) >= 11 is 2.81. The van der Waals surface area contributed by atoms with Gasteiger partial charge in [-0.25, -0.2) is 9.78 Å². The molecule has 6 heteroatoms. The van der Waals surface area contributed by atoms with Crippen LogP contribution in [0, 0.1) is 6.92 Å². The summed E-state index contributed by atoms with van der Waals surface area (Å²) in [4.78, 5) is 15.5. The van der Waals surface area contributed by atoms with Gasteiger partial charge in [0.15, 0.2) is 4.34 Å². The van der Waals surface area contributed by atoms with Crippen molar-refractivity contribution >= 4 is 29.1 Å². The number of thioether (sulfide) groups is 1. The van der Waals surface area contributed by atoms with Gasteiger partial charge >= 0.3 is 5.97 Å². The van der Waals surface area contributed by atoms with Crippen LogP contribution in [0.1, 0.15) is 21.8 Å². The van der Waals surface area contributed by atoms with Crippen LogP contribution in [0.5, 0.6) is 5.75 Å². The molecule has 1 aromatic heterocycles. The van der Waals surface area contributed by atoms with E-state index in [1.165, 1.54) is 11.3 Å². The lowest BCUT2D eigenvalue weighted by atomic mass is 10.3. The average molecular weight is 309 g/mol. The van der Waals surface area contributed by atoms with Gasteiger partial charge in [-0.2, -0.15) is 0 Å². The molecule has 20 heavy (non-hydrogen) atoms. The van der Waals surface area contributed by atoms with Crippen molar-refractivity contribution in [3.05, 3.63) is 40.9 Å². The summed E-state index contributed by atoms with van der Waals surface area (Å²) in [6.07, 6.45) is 0.889. The molecule has 0 saturated heterocycles. The van der Waals surface area contributed by atoms with Crippen LogP contribution >= 0.6 is 23.1 Å². The van der Waals surface area contributed by atoms with E-state index >= 15 is 0 Å². The molecule has 4 nitrogen and oxygen atoms in total. The lowest BCUT2D eigenvalue weighted by molar-refractivity contribution is 0.0701. The maximum atomic E-state index is 10.9. The van der Waals surface area contributed by atoms with Gasteiger partial charge in [-0.1, -0.05) is 30.0 Å². The molecular formula is C14H15NO3S2. The fourth-order valence-electron chi connectivity index (χ4n) is 1.56. The van der Waals surface area contributed by atoms with E-state index in [0.717, 1.165) is 22.3 Å². The standard InChI is InChI=1S/C14H15NO3S2/c1-10-12(13(16)17)20-14(15-10)19-9-5-8-18-11-6-3-2-4-7-11/h2-4,6-7H,5,8-9H2,1H3,(H,16,17). The summed E-state index contributed by atoms with van der Waals surface area (Å²) in [5.74, 6) is 0.828. The van der Waals surface area contributed by atoms with Crippen molar-refractivity contribution in [1.82, 2.24) is 4.98 Å². The number of aromatic nitrogens is 1. The Bertz CT molecular complexity index is 569. The lowest BCUT2D eigenvalue weighted by Crippen LogP contribution is -1.98. The van der Waals surface area contributed by atoms with Gasteiger partial charge in [0.05, 0.1) is 12.3 Å². The molecule has 0 radical (unpaired) electrons. The molecule has 2 aromatic rings. The molecule has 1 heterocycles. The maximum Gasteiger partial charge on any atom is 0.347 e. The molecule has 0 aliphatic rings. The van der Waals surface area contributed by atoms with Crippen LogP contribution in [0.25, 0.3) is 0 Å². The van der Waals surface area contributed by atoms with Crippen molar-refractivity contribution in [2.24, 2.45) is 0 Å². The van der Waals surface area contributed by atoms with E-state index in [4.69, 9.17) is 9.84 Å². The van der Waals surface area contributed by atoms with Gasteiger partial charge in [-0.3, -0.25) is 0 Å². The van der Waals surface area contributed by atoms with E-state index in [9.17, 15) is 4.79 Å². The van der Waals surface area contributed by atoms with E-state index in [2.05, 4.69) is 4.98 Å². The Hall–Kier alpha value is -1.53. The van der Waals surface area contributed by atoms with Gasteiger partial charge in [0, 0.05) is 5.75 Å². The zero-order valence-electron chi connectivity index (χ0n) is 11.0. The van der Waals surface area contributed by atoms with Crippen LogP contribution in [-0.2, 0) is 0 Å². The van der Waals surface area contributed by atoms with Gasteiger partial charge in [-0.15, -0.1) is 11.3 Å². The molecule has 1 aromatic carbocycles. The monoisotopic (exact) mass is 309 g/mol. The van der Waals surface area contributed by atoms with E-state index in [0.29, 0.717) is 17.2 Å². The highest BCUT2D eigenvalue weighted by atomic mass is 32.2. The molecule has 0 unspecified atom stereocenters. The van der Waals surface area contributed by atoms with E-state index in [1.807, 2.05) is 30.3 Å². The van der Waals surface area contributed by atoms with Gasteiger partial charge in [0.1, 0.15) is 10.6 Å². The Morgan fingerprint density at radius 2 is 2.15 bits per heavy atom. The zero-order valence-corrected chi connectivity index (χ0v) is 12.7. The van der Waals surface area contributed by atoms with Gasteiger partial charge in [0.2, 0.25) is 0 Å². The van der Waals surface area contributed by atoms with Crippen LogP contribution in [0.15, 0.2) is 34.7 Å². The molecule has 0 fully saturated rings. The molecule has 0 saturated carbocycles. The molecule has 0 spiro atoms. The van der Waals surface area contributed by atoms with Crippen molar-refractivity contribution in [2.45, 2.75) is 17.7 Å². The van der Waals surface area contributed by atoms with Gasteiger partial charge < -0.3 is 9.84 Å². The first-order chi connectivity index (χ1) is 9.66. The summed E-state index contributed by atoms with van der Waals surface area (Å²) < 4.78 is 6.39. The number of ether oxygens (including phenoxy) is 1. The summed E-state index contributed by atoms with van der Waals surface area (Å²) in [6, 6.07) is 9.69. The highest BCUT2D eigenvalue weighted by Gasteiger charge is 2.13. The number of hydrogen-bond donors (Lipinski definition) is 1. The number of rotatable bonds is 7. The number of carboxylic acids is 1. The summed E-state index contributed by atoms with van der Waals surface area (Å²) in [5, 5.41) is 8.96. The summed E-state index contributed by atoms with van der Waals surface area (Å²) in [7, 11) is 0. The molecular weight excluding hydrogens is 294 g/mol. The maximum absolute atomic E-state index is 10.9. The highest BCUT2D eigenvalue weighted by Crippen LogP contribution is 2.27. The van der Waals surface area contributed by atoms with E-state index < -0.39 is 5.97 Å². The first-order valence-electron chi connectivity index (χ1n) is 6.18. The SMILES string of the molecule is Cc1nc(SCCCOc2ccccc2)sc1C(=O)O. The molecule has 0 aliphatic heterocycles. The minimum absolute atomic E-state index is 0.327. The molecule has 2 rings (SSSR count). The number of aryl methyl sites for hydroxylation is 1. The third kappa shape index (κ3) is 4.25. The Labute approximate surface area is 125 Å². The summed E-state index contributed by atoms with van der Waals surface area (Å²) in [6.45, 7) is 2.37. The van der Waals surface area contributed by atoms with Crippen molar-refractivity contribution < 1.29 is 14.6 Å². The smallest absolute Gasteiger partial charge is 0.347 e. The number of thiazole rings is 1. The van der Waals surface area contributed by atoms with Crippen molar-refractivity contribution in [2.75, 3.05) is 12.4 Å². The molecule has 0 atom stereocenters. The minimum Gasteiger partial charge on any atom is -0.494 e. The van der Waals surface area contributed by atoms with Crippen LogP contribution in [0.3, 0.4) is 0 Å². The fraction of sp³-hybridized carbons (Fsp3) is 0.286. The lowest BCUT2D eigenvalue weighted by Gasteiger charge is -2.04. The largest absolute Gasteiger partial charge is 0.494 e. The van der Waals surface area contributed by atoms with Crippen molar-refractivity contribution in [3.63, 3.8) is 0 Å². The third-order valence-corrected chi connectivity index (χ3v) is 4.87. The third-order valence-electron chi connectivity index (χ3n) is 2.50. The van der Waals surface area contributed by atoms with Gasteiger partial charge in [0.25, 0.3) is 0 Å². The number of benzene rings is 1. The first kappa shape index (κ1) is 14.9. The quantitative estimate of drug-likeness (QED) is 0.624. The normalized spacial score (nSPS) is 10.4. The Kier molecular flexibility index (Phi) is 5.43. The Morgan fingerprint density at radius 3 is 2.80 bits per heavy atom. The first-order valence-corrected chi connectivity index (χ1v) is 7.98. The van der Waals surface area contributed by atoms with Crippen molar-refractivity contribution in [3.8, 4) is 5.75 Å². The highest BCUT2D eigenvalue weighted by molar-refractivity contribution is 8.01. The second-order valence-electron chi connectivity index (χ2n) is 4.06. The predicted molar refractivity (Wildman–Crippen MR) is 81.1 cm³/mol. The number of aromatic carboxylic acids is 1. The molecule has 106 valence electrons. The topological polar surface area (TPSA) is 59.4 Å². The van der Waals surface area contributed by atoms with E-state index in [1.54, 1.807) is 18.7 Å². The predicted octanol–water partition coefficient (Wildman–Crippen LogP) is 3.71. The summed E-state index contributed by atoms with van der Waals surface area (Å²) in [5.41, 5.74) is 0.588. The number of carboxylic acid groups (broad SMARTS) is 1. The number of hydrogen-bond acceptors (Lipinski definition) is 5. The van der Waals surface area contributed by atoms with Crippen molar-refractivity contribution in [1.29, 1.82) is 0 Å². The molecule has 0 aliphatic carbocycles. The van der Waals surface area contributed by atoms with Crippen LogP contribution in [-0.4, -0.2) is 28.4 Å². The zero-order chi connectivity index (χ0) is 14.4. The minimum atomic E-state index is -0.903. The molecule has 0 bridgehead atoms. The van der Waals surface area contributed by atoms with Crippen LogP contribution in [0.4, 0.5) is 0 Å². The number of nitrogens with zero attached hydrogens (tertiary/aromatic N) is 1. The second-order valence-corrected chi connectivity index (χ2v) is 6.40. The van der Waals surface area contributed by atoms with Crippen LogP contribution in [0.2, 0.25) is 0 Å². The molecule has 0 amide bonds.